The van der Waals surface area contributed by atoms with Gasteiger partial charge in [-0.2, -0.15) is 0 Å². The minimum absolute atomic E-state index is 0.328. The minimum Gasteiger partial charge on any atom is -0.462 e. The lowest BCUT2D eigenvalue weighted by molar-refractivity contribution is 0.0526. The van der Waals surface area contributed by atoms with Crippen molar-refractivity contribution in [2.24, 2.45) is 0 Å². The van der Waals surface area contributed by atoms with E-state index >= 15 is 0 Å². The van der Waals surface area contributed by atoms with Gasteiger partial charge in [0.05, 0.1) is 12.2 Å². The summed E-state index contributed by atoms with van der Waals surface area (Å²) >= 11 is 5.36. The Morgan fingerprint density at radius 2 is 2.07 bits per heavy atom. The molecule has 6 heteroatoms. The maximum Gasteiger partial charge on any atom is 0.338 e. The van der Waals surface area contributed by atoms with E-state index in [1.165, 1.54) is 11.3 Å². The number of para-hydroxylation sites is 1. The van der Waals surface area contributed by atoms with E-state index in [9.17, 15) is 4.79 Å². The van der Waals surface area contributed by atoms with Crippen LogP contribution in [0.4, 0.5) is 11.4 Å². The summed E-state index contributed by atoms with van der Waals surface area (Å²) < 4.78 is 5.02. The molecule has 0 spiro atoms. The third-order valence-corrected chi connectivity index (χ3v) is 4.75. The van der Waals surface area contributed by atoms with Crippen LogP contribution in [0.3, 0.4) is 0 Å². The molecule has 2 N–H and O–H groups in total. The summed E-state index contributed by atoms with van der Waals surface area (Å²) in [7, 11) is 0. The molecule has 1 aliphatic heterocycles. The topological polar surface area (TPSA) is 53.6 Å². The predicted octanol–water partition coefficient (Wildman–Crippen LogP) is 3.60. The summed E-state index contributed by atoms with van der Waals surface area (Å²) in [6, 6.07) is 15.7. The SMILES string of the molecule is CCOC(=O)c1cccc(NC(=S)NCCCN2CCc3ccccc32)c1. The second-order valence-electron chi connectivity index (χ2n) is 6.40. The van der Waals surface area contributed by atoms with Gasteiger partial charge in [-0.15, -0.1) is 0 Å². The van der Waals surface area contributed by atoms with E-state index in [-0.39, 0.29) is 5.97 Å². The van der Waals surface area contributed by atoms with Gasteiger partial charge in [0.15, 0.2) is 5.11 Å². The Balaban J connectivity index is 1.42. The lowest BCUT2D eigenvalue weighted by Crippen LogP contribution is -2.32. The maximum atomic E-state index is 11.8. The highest BCUT2D eigenvalue weighted by atomic mass is 32.1. The van der Waals surface area contributed by atoms with Crippen LogP contribution >= 0.6 is 12.2 Å². The normalized spacial score (nSPS) is 12.4. The number of nitrogens with one attached hydrogen (secondary N) is 2. The van der Waals surface area contributed by atoms with Gasteiger partial charge in [0.1, 0.15) is 0 Å². The minimum atomic E-state index is -0.328. The second kappa shape index (κ2) is 9.37. The van der Waals surface area contributed by atoms with E-state index in [4.69, 9.17) is 17.0 Å². The molecule has 0 saturated carbocycles. The highest BCUT2D eigenvalue weighted by Crippen LogP contribution is 2.27. The highest BCUT2D eigenvalue weighted by molar-refractivity contribution is 7.80. The summed E-state index contributed by atoms with van der Waals surface area (Å²) in [6.07, 6.45) is 2.12. The summed E-state index contributed by atoms with van der Waals surface area (Å²) in [4.78, 5) is 14.2. The molecular formula is C21H25N3O2S. The molecular weight excluding hydrogens is 358 g/mol. The summed E-state index contributed by atoms with van der Waals surface area (Å²) in [5.41, 5.74) is 4.07. The van der Waals surface area contributed by atoms with Crippen LogP contribution < -0.4 is 15.5 Å². The fraction of sp³-hybridized carbons (Fsp3) is 0.333. The van der Waals surface area contributed by atoms with E-state index < -0.39 is 0 Å². The molecule has 2 aromatic carbocycles. The van der Waals surface area contributed by atoms with Gasteiger partial charge in [0, 0.05) is 31.0 Å². The van der Waals surface area contributed by atoms with E-state index in [2.05, 4.69) is 39.8 Å². The zero-order valence-corrected chi connectivity index (χ0v) is 16.3. The molecule has 0 radical (unpaired) electrons. The Bertz CT molecular complexity index is 810. The molecule has 0 saturated heterocycles. The van der Waals surface area contributed by atoms with Crippen LogP contribution in [-0.4, -0.2) is 37.3 Å². The number of carbonyl (C=O) groups excluding carboxylic acids is 1. The van der Waals surface area contributed by atoms with Crippen LogP contribution in [0.5, 0.6) is 0 Å². The predicted molar refractivity (Wildman–Crippen MR) is 114 cm³/mol. The summed E-state index contributed by atoms with van der Waals surface area (Å²) in [5.74, 6) is -0.328. The third kappa shape index (κ3) is 5.20. The Morgan fingerprint density at radius 3 is 2.93 bits per heavy atom. The number of carbonyl (C=O) groups is 1. The van der Waals surface area contributed by atoms with Gasteiger partial charge in [-0.25, -0.2) is 4.79 Å². The largest absolute Gasteiger partial charge is 0.462 e. The highest BCUT2D eigenvalue weighted by Gasteiger charge is 2.17. The Morgan fingerprint density at radius 1 is 1.22 bits per heavy atom. The first kappa shape index (κ1) is 19.2. The quantitative estimate of drug-likeness (QED) is 0.433. The first-order chi connectivity index (χ1) is 13.2. The monoisotopic (exact) mass is 383 g/mol. The molecule has 2 aromatic rings. The van der Waals surface area contributed by atoms with Crippen molar-refractivity contribution in [1.29, 1.82) is 0 Å². The molecule has 3 rings (SSSR count). The summed E-state index contributed by atoms with van der Waals surface area (Å²) in [6.45, 7) is 5.04. The number of fused-ring (bicyclic) bond motifs is 1. The van der Waals surface area contributed by atoms with Crippen LogP contribution in [0, 0.1) is 0 Å². The number of benzene rings is 2. The standard InChI is InChI=1S/C21H25N3O2S/c1-2-26-20(25)17-8-5-9-18(15-17)23-21(27)22-12-6-13-24-14-11-16-7-3-4-10-19(16)24/h3-5,7-10,15H,2,6,11-14H2,1H3,(H2,22,23,27). The third-order valence-electron chi connectivity index (χ3n) is 4.51. The molecule has 0 bridgehead atoms. The Hall–Kier alpha value is -2.60. The molecule has 0 unspecified atom stereocenters. The molecule has 1 heterocycles. The van der Waals surface area contributed by atoms with Crippen molar-refractivity contribution >= 4 is 34.7 Å². The van der Waals surface area contributed by atoms with Crippen molar-refractivity contribution in [3.63, 3.8) is 0 Å². The zero-order valence-electron chi connectivity index (χ0n) is 15.5. The van der Waals surface area contributed by atoms with Crippen molar-refractivity contribution in [2.45, 2.75) is 19.8 Å². The smallest absolute Gasteiger partial charge is 0.338 e. The Kier molecular flexibility index (Phi) is 6.65. The van der Waals surface area contributed by atoms with Gasteiger partial charge in [0.25, 0.3) is 0 Å². The van der Waals surface area contributed by atoms with Gasteiger partial charge < -0.3 is 20.3 Å². The van der Waals surface area contributed by atoms with E-state index in [0.717, 1.165) is 38.2 Å². The van der Waals surface area contributed by atoms with Crippen molar-refractivity contribution in [2.75, 3.05) is 36.5 Å². The zero-order chi connectivity index (χ0) is 19.1. The van der Waals surface area contributed by atoms with E-state index in [0.29, 0.717) is 17.3 Å². The van der Waals surface area contributed by atoms with Crippen LogP contribution in [0.1, 0.15) is 29.3 Å². The number of anilines is 2. The molecule has 0 fully saturated rings. The first-order valence-electron chi connectivity index (χ1n) is 9.32. The van der Waals surface area contributed by atoms with Crippen molar-refractivity contribution < 1.29 is 9.53 Å². The van der Waals surface area contributed by atoms with Gasteiger partial charge in [-0.05, 0) is 61.8 Å². The van der Waals surface area contributed by atoms with Gasteiger partial charge in [0.2, 0.25) is 0 Å². The summed E-state index contributed by atoms with van der Waals surface area (Å²) in [5, 5.41) is 6.91. The maximum absolute atomic E-state index is 11.8. The Labute approximate surface area is 165 Å². The molecule has 0 amide bonds. The van der Waals surface area contributed by atoms with Crippen LogP contribution in [0.15, 0.2) is 48.5 Å². The average molecular weight is 384 g/mol. The van der Waals surface area contributed by atoms with Crippen molar-refractivity contribution in [3.8, 4) is 0 Å². The van der Waals surface area contributed by atoms with Crippen molar-refractivity contribution in [1.82, 2.24) is 5.32 Å². The van der Waals surface area contributed by atoms with Crippen LogP contribution in [-0.2, 0) is 11.2 Å². The fourth-order valence-electron chi connectivity index (χ4n) is 3.22. The van der Waals surface area contributed by atoms with Gasteiger partial charge in [-0.1, -0.05) is 24.3 Å². The second-order valence-corrected chi connectivity index (χ2v) is 6.81. The molecule has 27 heavy (non-hydrogen) atoms. The molecule has 0 aliphatic carbocycles. The lowest BCUT2D eigenvalue weighted by Gasteiger charge is -2.19. The first-order valence-corrected chi connectivity index (χ1v) is 9.73. The number of ether oxygens (including phenoxy) is 1. The van der Waals surface area contributed by atoms with Crippen LogP contribution in [0.2, 0.25) is 0 Å². The molecule has 5 nitrogen and oxygen atoms in total. The van der Waals surface area contributed by atoms with Gasteiger partial charge in [-0.3, -0.25) is 0 Å². The fourth-order valence-corrected chi connectivity index (χ4v) is 3.44. The molecule has 1 aliphatic rings. The molecule has 0 atom stereocenters. The number of esters is 1. The van der Waals surface area contributed by atoms with Crippen LogP contribution in [0.25, 0.3) is 0 Å². The number of thiocarbonyl (C=S) groups is 1. The van der Waals surface area contributed by atoms with E-state index in [1.54, 1.807) is 19.1 Å². The van der Waals surface area contributed by atoms with E-state index in [1.807, 2.05) is 12.1 Å². The lowest BCUT2D eigenvalue weighted by atomic mass is 10.2. The average Bonchev–Trinajstić information content (AvgIpc) is 3.09. The number of rotatable bonds is 7. The molecule has 142 valence electrons. The van der Waals surface area contributed by atoms with Gasteiger partial charge >= 0.3 is 5.97 Å². The molecule has 0 aromatic heterocycles. The number of hydrogen-bond acceptors (Lipinski definition) is 4. The number of hydrogen-bond donors (Lipinski definition) is 2. The van der Waals surface area contributed by atoms with Crippen molar-refractivity contribution in [3.05, 3.63) is 59.7 Å². The number of nitrogens with zero attached hydrogens (tertiary/aromatic N) is 1.